The predicted octanol–water partition coefficient (Wildman–Crippen LogP) is 2.97. The number of benzene rings is 1. The van der Waals surface area contributed by atoms with Crippen molar-refractivity contribution in [3.05, 3.63) is 47.3 Å². The van der Waals surface area contributed by atoms with Gasteiger partial charge < -0.3 is 15.4 Å². The Hall–Kier alpha value is -2.63. The molecule has 2 aliphatic rings. The highest BCUT2D eigenvalue weighted by Gasteiger charge is 2.44. The number of amides is 1. The smallest absolute Gasteiger partial charge is 0.253 e. The fourth-order valence-electron chi connectivity index (χ4n) is 4.35. The van der Waals surface area contributed by atoms with Gasteiger partial charge in [-0.1, -0.05) is 6.92 Å². The molecule has 1 aromatic heterocycles. The first-order chi connectivity index (χ1) is 13.1. The van der Waals surface area contributed by atoms with E-state index in [1.807, 2.05) is 35.4 Å². The molecule has 1 aliphatic carbocycles. The van der Waals surface area contributed by atoms with E-state index in [0.29, 0.717) is 24.7 Å². The van der Waals surface area contributed by atoms with Crippen LogP contribution in [0.3, 0.4) is 0 Å². The fraction of sp³-hybridized carbons (Fsp3) is 0.476. The van der Waals surface area contributed by atoms with Gasteiger partial charge in [0.05, 0.1) is 12.3 Å². The molecular formula is C21H26N4O2. The number of nitrogens with two attached hydrogens (primary N) is 1. The Morgan fingerprint density at radius 3 is 2.89 bits per heavy atom. The van der Waals surface area contributed by atoms with Crippen molar-refractivity contribution in [2.24, 2.45) is 0 Å². The van der Waals surface area contributed by atoms with Gasteiger partial charge in [0.2, 0.25) is 5.95 Å². The van der Waals surface area contributed by atoms with Gasteiger partial charge in [-0.05, 0) is 61.9 Å². The van der Waals surface area contributed by atoms with Crippen LogP contribution < -0.4 is 10.5 Å². The molecule has 6 nitrogen and oxygen atoms in total. The number of fused-ring (bicyclic) bond motifs is 2. The number of hydrogen-bond donors (Lipinski definition) is 1. The van der Waals surface area contributed by atoms with Crippen molar-refractivity contribution in [3.63, 3.8) is 0 Å². The molecule has 1 aromatic carbocycles. The molecule has 1 unspecified atom stereocenters. The second-order valence-corrected chi connectivity index (χ2v) is 7.59. The molecule has 1 spiro atoms. The minimum absolute atomic E-state index is 0.0756. The summed E-state index contributed by atoms with van der Waals surface area (Å²) in [5.41, 5.74) is 8.70. The number of nitrogens with zero attached hydrogens (tertiary/aromatic N) is 3. The maximum atomic E-state index is 13.1. The summed E-state index contributed by atoms with van der Waals surface area (Å²) in [7, 11) is 0. The van der Waals surface area contributed by atoms with E-state index in [1.165, 1.54) is 5.56 Å². The number of carbonyl (C=O) groups is 1. The van der Waals surface area contributed by atoms with Crippen LogP contribution in [0.5, 0.6) is 5.75 Å². The molecular weight excluding hydrogens is 340 g/mol. The summed E-state index contributed by atoms with van der Waals surface area (Å²) in [6.45, 7) is 4.24. The third-order valence-corrected chi connectivity index (χ3v) is 5.70. The second-order valence-electron chi connectivity index (χ2n) is 7.59. The molecule has 1 atom stereocenters. The van der Waals surface area contributed by atoms with Crippen LogP contribution in [0, 0.1) is 0 Å². The van der Waals surface area contributed by atoms with Crippen LogP contribution in [0.4, 0.5) is 5.95 Å². The summed E-state index contributed by atoms with van der Waals surface area (Å²) in [6.07, 6.45) is 6.81. The lowest BCUT2D eigenvalue weighted by Gasteiger charge is -2.40. The van der Waals surface area contributed by atoms with Gasteiger partial charge in [0.1, 0.15) is 5.75 Å². The van der Waals surface area contributed by atoms with Crippen LogP contribution >= 0.6 is 0 Å². The fourth-order valence-corrected chi connectivity index (χ4v) is 4.35. The lowest BCUT2D eigenvalue weighted by atomic mass is 9.77. The molecule has 0 bridgehead atoms. The van der Waals surface area contributed by atoms with Gasteiger partial charge in [-0.3, -0.25) is 4.79 Å². The number of rotatable bonds is 4. The first kappa shape index (κ1) is 17.8. The number of carbonyl (C=O) groups excluding carboxylic acids is 1. The topological polar surface area (TPSA) is 81.3 Å². The van der Waals surface area contributed by atoms with Gasteiger partial charge >= 0.3 is 0 Å². The molecule has 1 saturated heterocycles. The minimum atomic E-state index is -0.0789. The number of ether oxygens (including phenoxy) is 1. The summed E-state index contributed by atoms with van der Waals surface area (Å²) in [5, 5.41) is 0. The molecule has 4 rings (SSSR count). The van der Waals surface area contributed by atoms with Crippen molar-refractivity contribution < 1.29 is 9.53 Å². The van der Waals surface area contributed by atoms with Crippen molar-refractivity contribution in [3.8, 4) is 5.75 Å². The molecule has 0 radical (unpaired) electrons. The summed E-state index contributed by atoms with van der Waals surface area (Å²) in [5.74, 6) is 1.20. The van der Waals surface area contributed by atoms with E-state index < -0.39 is 0 Å². The molecule has 27 heavy (non-hydrogen) atoms. The van der Waals surface area contributed by atoms with Crippen LogP contribution in [-0.4, -0.2) is 40.5 Å². The van der Waals surface area contributed by atoms with Crippen LogP contribution in [0.25, 0.3) is 0 Å². The van der Waals surface area contributed by atoms with Gasteiger partial charge in [0, 0.05) is 30.3 Å². The van der Waals surface area contributed by atoms with Crippen LogP contribution in [-0.2, 0) is 11.8 Å². The number of piperidine rings is 1. The Morgan fingerprint density at radius 2 is 2.11 bits per heavy atom. The number of hydrogen-bond acceptors (Lipinski definition) is 5. The van der Waals surface area contributed by atoms with Gasteiger partial charge in [-0.15, -0.1) is 0 Å². The quantitative estimate of drug-likeness (QED) is 0.900. The Morgan fingerprint density at radius 1 is 1.30 bits per heavy atom. The van der Waals surface area contributed by atoms with E-state index in [-0.39, 0.29) is 11.3 Å². The summed E-state index contributed by atoms with van der Waals surface area (Å²) < 4.78 is 5.61. The standard InChI is InChI=1S/C21H26N4O2/c1-2-12-27-17-6-4-15(5-7-17)19(26)25-11-3-9-21(14-25)10-8-16-13-23-20(22)24-18(16)21/h4-7,13H,2-3,8-12,14H2,1H3,(H2,22,23,24). The maximum absolute atomic E-state index is 13.1. The minimum Gasteiger partial charge on any atom is -0.494 e. The van der Waals surface area contributed by atoms with E-state index in [1.54, 1.807) is 0 Å². The van der Waals surface area contributed by atoms with Crippen molar-refractivity contribution in [2.75, 3.05) is 25.4 Å². The number of likely N-dealkylation sites (tertiary alicyclic amines) is 1. The molecule has 2 heterocycles. The van der Waals surface area contributed by atoms with Gasteiger partial charge in [-0.2, -0.15) is 0 Å². The molecule has 6 heteroatoms. The molecule has 1 fully saturated rings. The van der Waals surface area contributed by atoms with Crippen molar-refractivity contribution in [1.29, 1.82) is 0 Å². The average molecular weight is 366 g/mol. The Kier molecular flexibility index (Phi) is 4.72. The molecule has 2 N–H and O–H groups in total. The lowest BCUT2D eigenvalue weighted by Crippen LogP contribution is -2.48. The second kappa shape index (κ2) is 7.18. The molecule has 0 saturated carbocycles. The molecule has 2 aromatic rings. The summed E-state index contributed by atoms with van der Waals surface area (Å²) in [6, 6.07) is 7.47. The van der Waals surface area contributed by atoms with Crippen LogP contribution in [0.15, 0.2) is 30.5 Å². The zero-order chi connectivity index (χ0) is 18.9. The van der Waals surface area contributed by atoms with Gasteiger partial charge in [0.15, 0.2) is 0 Å². The first-order valence-corrected chi connectivity index (χ1v) is 9.75. The Bertz CT molecular complexity index is 833. The SMILES string of the molecule is CCCOc1ccc(C(=O)N2CCCC3(CCc4cnc(N)nc43)C2)cc1. The first-order valence-electron chi connectivity index (χ1n) is 9.75. The van der Waals surface area contributed by atoms with Gasteiger partial charge in [0.25, 0.3) is 5.91 Å². The maximum Gasteiger partial charge on any atom is 0.253 e. The highest BCUT2D eigenvalue weighted by Crippen LogP contribution is 2.44. The highest BCUT2D eigenvalue weighted by molar-refractivity contribution is 5.94. The van der Waals surface area contributed by atoms with Gasteiger partial charge in [-0.25, -0.2) is 9.97 Å². The van der Waals surface area contributed by atoms with E-state index in [0.717, 1.165) is 50.1 Å². The third kappa shape index (κ3) is 3.36. The van der Waals surface area contributed by atoms with Crippen molar-refractivity contribution >= 4 is 11.9 Å². The van der Waals surface area contributed by atoms with E-state index in [2.05, 4.69) is 16.9 Å². The third-order valence-electron chi connectivity index (χ3n) is 5.70. The Balaban J connectivity index is 1.52. The largest absolute Gasteiger partial charge is 0.494 e. The van der Waals surface area contributed by atoms with E-state index in [4.69, 9.17) is 10.5 Å². The summed E-state index contributed by atoms with van der Waals surface area (Å²) >= 11 is 0. The average Bonchev–Trinajstić information content (AvgIpc) is 3.03. The number of anilines is 1. The van der Waals surface area contributed by atoms with E-state index >= 15 is 0 Å². The van der Waals surface area contributed by atoms with Crippen molar-refractivity contribution in [2.45, 2.75) is 44.4 Å². The Labute approximate surface area is 159 Å². The number of aryl methyl sites for hydroxylation is 1. The normalized spacial score (nSPS) is 21.3. The zero-order valence-electron chi connectivity index (χ0n) is 15.8. The molecule has 1 aliphatic heterocycles. The molecule has 142 valence electrons. The monoisotopic (exact) mass is 366 g/mol. The van der Waals surface area contributed by atoms with Crippen LogP contribution in [0.2, 0.25) is 0 Å². The van der Waals surface area contributed by atoms with Crippen molar-refractivity contribution in [1.82, 2.24) is 14.9 Å². The van der Waals surface area contributed by atoms with E-state index in [9.17, 15) is 4.79 Å². The lowest BCUT2D eigenvalue weighted by molar-refractivity contribution is 0.0633. The predicted molar refractivity (Wildman–Crippen MR) is 104 cm³/mol. The molecule has 1 amide bonds. The number of aromatic nitrogens is 2. The summed E-state index contributed by atoms with van der Waals surface area (Å²) in [4.78, 5) is 23.7. The number of nitrogen functional groups attached to an aromatic ring is 1. The highest BCUT2D eigenvalue weighted by atomic mass is 16.5. The van der Waals surface area contributed by atoms with Crippen LogP contribution in [0.1, 0.15) is 54.2 Å². The zero-order valence-corrected chi connectivity index (χ0v) is 15.8.